The summed E-state index contributed by atoms with van der Waals surface area (Å²) in [6.45, 7) is 3.17. The lowest BCUT2D eigenvalue weighted by molar-refractivity contribution is 0.558. The number of rotatable bonds is 4. The predicted molar refractivity (Wildman–Crippen MR) is 79.4 cm³/mol. The van der Waals surface area contributed by atoms with Gasteiger partial charge in [0.05, 0.1) is 0 Å². The first-order chi connectivity index (χ1) is 9.29. The van der Waals surface area contributed by atoms with E-state index in [-0.39, 0.29) is 0 Å². The molecule has 0 aliphatic heterocycles. The van der Waals surface area contributed by atoms with Gasteiger partial charge in [-0.15, -0.1) is 0 Å². The Hall–Kier alpha value is -1.26. The lowest BCUT2D eigenvalue weighted by atomic mass is 10.1. The fourth-order valence-electron chi connectivity index (χ4n) is 2.73. The van der Waals surface area contributed by atoms with Crippen LogP contribution in [0, 0.1) is 0 Å². The van der Waals surface area contributed by atoms with Gasteiger partial charge in [0.25, 0.3) is 0 Å². The maximum atomic E-state index is 4.43. The molecule has 0 fully saturated rings. The maximum Gasteiger partial charge on any atom is 0.168 e. The molecular weight excluding hydrogens is 254 g/mol. The van der Waals surface area contributed by atoms with Crippen LogP contribution in [0.4, 0.5) is 0 Å². The van der Waals surface area contributed by atoms with E-state index in [0.717, 1.165) is 18.1 Å². The van der Waals surface area contributed by atoms with Gasteiger partial charge in [0.1, 0.15) is 0 Å². The van der Waals surface area contributed by atoms with E-state index in [2.05, 4.69) is 53.1 Å². The van der Waals surface area contributed by atoms with Crippen LogP contribution < -0.4 is 5.32 Å². The second kappa shape index (κ2) is 5.39. The Bertz CT molecular complexity index is 564. The van der Waals surface area contributed by atoms with Crippen molar-refractivity contribution in [1.29, 1.82) is 0 Å². The SMILES string of the molecule is CCNC1c2ccccc2CC1Sc1nccn1C. The van der Waals surface area contributed by atoms with Crippen LogP contribution in [-0.2, 0) is 13.5 Å². The molecule has 0 radical (unpaired) electrons. The lowest BCUT2D eigenvalue weighted by Gasteiger charge is -2.20. The van der Waals surface area contributed by atoms with E-state index >= 15 is 0 Å². The van der Waals surface area contributed by atoms with Crippen molar-refractivity contribution >= 4 is 11.8 Å². The van der Waals surface area contributed by atoms with Gasteiger partial charge in [0.15, 0.2) is 5.16 Å². The molecule has 1 aliphatic rings. The van der Waals surface area contributed by atoms with Crippen LogP contribution in [0.25, 0.3) is 0 Å². The van der Waals surface area contributed by atoms with Gasteiger partial charge >= 0.3 is 0 Å². The molecule has 100 valence electrons. The highest BCUT2D eigenvalue weighted by atomic mass is 32.2. The number of nitrogens with zero attached hydrogens (tertiary/aromatic N) is 2. The van der Waals surface area contributed by atoms with E-state index < -0.39 is 0 Å². The molecule has 0 saturated carbocycles. The third-order valence-electron chi connectivity index (χ3n) is 3.64. The second-order valence-corrected chi connectivity index (χ2v) is 6.12. The van der Waals surface area contributed by atoms with Gasteiger partial charge in [-0.05, 0) is 24.1 Å². The van der Waals surface area contributed by atoms with Crippen LogP contribution in [-0.4, -0.2) is 21.3 Å². The molecule has 0 saturated heterocycles. The molecule has 0 bridgehead atoms. The highest BCUT2D eigenvalue weighted by Gasteiger charge is 2.32. The summed E-state index contributed by atoms with van der Waals surface area (Å²) in [7, 11) is 2.06. The number of benzene rings is 1. The van der Waals surface area contributed by atoms with E-state index in [1.165, 1.54) is 11.1 Å². The van der Waals surface area contributed by atoms with Crippen LogP contribution in [0.1, 0.15) is 24.1 Å². The van der Waals surface area contributed by atoms with E-state index in [0.29, 0.717) is 11.3 Å². The molecule has 2 aromatic rings. The quantitative estimate of drug-likeness (QED) is 0.929. The van der Waals surface area contributed by atoms with Crippen LogP contribution in [0.2, 0.25) is 0 Å². The van der Waals surface area contributed by atoms with Crippen molar-refractivity contribution in [2.45, 2.75) is 29.8 Å². The fraction of sp³-hybridized carbons (Fsp3) is 0.400. The van der Waals surface area contributed by atoms with Crippen LogP contribution >= 0.6 is 11.8 Å². The van der Waals surface area contributed by atoms with Crippen LogP contribution in [0.5, 0.6) is 0 Å². The number of aryl methyl sites for hydroxylation is 1. The third-order valence-corrected chi connectivity index (χ3v) is 4.99. The largest absolute Gasteiger partial charge is 0.329 e. The molecule has 1 N–H and O–H groups in total. The zero-order chi connectivity index (χ0) is 13.2. The summed E-state index contributed by atoms with van der Waals surface area (Å²) in [5.41, 5.74) is 2.93. The Morgan fingerprint density at radius 2 is 2.26 bits per heavy atom. The zero-order valence-electron chi connectivity index (χ0n) is 11.3. The van der Waals surface area contributed by atoms with Crippen molar-refractivity contribution in [2.24, 2.45) is 7.05 Å². The summed E-state index contributed by atoms with van der Waals surface area (Å²) < 4.78 is 2.09. The Balaban J connectivity index is 1.85. The maximum absolute atomic E-state index is 4.43. The van der Waals surface area contributed by atoms with E-state index in [9.17, 15) is 0 Å². The van der Waals surface area contributed by atoms with Gasteiger partial charge in [-0.3, -0.25) is 0 Å². The smallest absolute Gasteiger partial charge is 0.168 e. The summed E-state index contributed by atoms with van der Waals surface area (Å²) in [6, 6.07) is 9.20. The number of fused-ring (bicyclic) bond motifs is 1. The summed E-state index contributed by atoms with van der Waals surface area (Å²) in [6.07, 6.45) is 4.99. The number of aromatic nitrogens is 2. The first-order valence-electron chi connectivity index (χ1n) is 6.74. The second-order valence-electron chi connectivity index (χ2n) is 4.92. The molecule has 1 aliphatic carbocycles. The van der Waals surface area contributed by atoms with Crippen molar-refractivity contribution in [3.8, 4) is 0 Å². The molecule has 3 rings (SSSR count). The van der Waals surface area contributed by atoms with Crippen molar-refractivity contribution < 1.29 is 0 Å². The molecule has 19 heavy (non-hydrogen) atoms. The monoisotopic (exact) mass is 273 g/mol. The minimum Gasteiger partial charge on any atom is -0.329 e. The molecule has 0 amide bonds. The van der Waals surface area contributed by atoms with Crippen molar-refractivity contribution in [3.63, 3.8) is 0 Å². The first kappa shape index (κ1) is 12.8. The highest BCUT2D eigenvalue weighted by Crippen LogP contribution is 2.40. The lowest BCUT2D eigenvalue weighted by Crippen LogP contribution is -2.27. The molecule has 1 heterocycles. The zero-order valence-corrected chi connectivity index (χ0v) is 12.2. The van der Waals surface area contributed by atoms with E-state index in [1.54, 1.807) is 0 Å². The van der Waals surface area contributed by atoms with Crippen molar-refractivity contribution in [2.75, 3.05) is 6.54 Å². The van der Waals surface area contributed by atoms with Gasteiger partial charge in [0, 0.05) is 30.7 Å². The van der Waals surface area contributed by atoms with Crippen LogP contribution in [0.15, 0.2) is 41.8 Å². The van der Waals surface area contributed by atoms with Gasteiger partial charge in [-0.2, -0.15) is 0 Å². The number of thioether (sulfide) groups is 1. The van der Waals surface area contributed by atoms with Gasteiger partial charge in [-0.1, -0.05) is 43.0 Å². The summed E-state index contributed by atoms with van der Waals surface area (Å²) >= 11 is 1.88. The fourth-order valence-corrected chi connectivity index (χ4v) is 3.99. The Morgan fingerprint density at radius 1 is 1.42 bits per heavy atom. The highest BCUT2D eigenvalue weighted by molar-refractivity contribution is 7.99. The first-order valence-corrected chi connectivity index (χ1v) is 7.62. The van der Waals surface area contributed by atoms with Gasteiger partial charge < -0.3 is 9.88 Å². The van der Waals surface area contributed by atoms with E-state index in [4.69, 9.17) is 0 Å². The standard InChI is InChI=1S/C15H19N3S/c1-3-16-14-12-7-5-4-6-11(12)10-13(14)19-15-17-8-9-18(15)2/h4-9,13-14,16H,3,10H2,1-2H3. The Labute approximate surface area is 118 Å². The molecule has 2 atom stereocenters. The topological polar surface area (TPSA) is 29.9 Å². The number of hydrogen-bond donors (Lipinski definition) is 1. The Kier molecular flexibility index (Phi) is 3.62. The molecule has 1 aromatic carbocycles. The van der Waals surface area contributed by atoms with Crippen LogP contribution in [0.3, 0.4) is 0 Å². The van der Waals surface area contributed by atoms with Crippen molar-refractivity contribution in [3.05, 3.63) is 47.8 Å². The average molecular weight is 273 g/mol. The minimum atomic E-state index is 0.433. The number of nitrogens with one attached hydrogen (secondary N) is 1. The average Bonchev–Trinajstić information content (AvgIpc) is 2.96. The Morgan fingerprint density at radius 3 is 3.00 bits per heavy atom. The number of hydrogen-bond acceptors (Lipinski definition) is 3. The van der Waals surface area contributed by atoms with Crippen molar-refractivity contribution in [1.82, 2.24) is 14.9 Å². The minimum absolute atomic E-state index is 0.433. The third kappa shape index (κ3) is 2.42. The van der Waals surface area contributed by atoms with E-state index in [1.807, 2.05) is 24.2 Å². The molecule has 2 unspecified atom stereocenters. The molecule has 0 spiro atoms. The normalized spacial score (nSPS) is 21.6. The van der Waals surface area contributed by atoms with Gasteiger partial charge in [0.2, 0.25) is 0 Å². The van der Waals surface area contributed by atoms with Gasteiger partial charge in [-0.25, -0.2) is 4.98 Å². The summed E-state index contributed by atoms with van der Waals surface area (Å²) in [5.74, 6) is 0. The number of imidazole rings is 1. The molecule has 4 heteroatoms. The molecule has 3 nitrogen and oxygen atoms in total. The molecular formula is C15H19N3S. The predicted octanol–water partition coefficient (Wildman–Crippen LogP) is 2.79. The molecule has 1 aromatic heterocycles. The summed E-state index contributed by atoms with van der Waals surface area (Å²) in [5, 5.41) is 5.25. The summed E-state index contributed by atoms with van der Waals surface area (Å²) in [4.78, 5) is 4.43.